The quantitative estimate of drug-likeness (QED) is 0.575. The highest BCUT2D eigenvalue weighted by molar-refractivity contribution is 5.48. The van der Waals surface area contributed by atoms with Crippen LogP contribution in [0.5, 0.6) is 0 Å². The molecule has 0 aliphatic heterocycles. The summed E-state index contributed by atoms with van der Waals surface area (Å²) in [5.41, 5.74) is 1.67. The molecule has 1 aromatic carbocycles. The van der Waals surface area contributed by atoms with Gasteiger partial charge in [0.1, 0.15) is 5.82 Å². The molecule has 1 rings (SSSR count). The normalized spacial score (nSPS) is 10.8. The fourth-order valence-electron chi connectivity index (χ4n) is 0.924. The number of allylic oxidation sites excluding steroid dienone is 1. The minimum Gasteiger partial charge on any atom is -0.207 e. The summed E-state index contributed by atoms with van der Waals surface area (Å²) < 4.78 is 12.7. The second-order valence-corrected chi connectivity index (χ2v) is 2.44. The molecule has 1 aromatic rings. The highest BCUT2D eigenvalue weighted by atomic mass is 19.1. The van der Waals surface area contributed by atoms with Gasteiger partial charge in [-0.2, -0.15) is 0 Å². The Kier molecular flexibility index (Phi) is 2.42. The Morgan fingerprint density at radius 2 is 2.18 bits per heavy atom. The third-order valence-electron chi connectivity index (χ3n) is 1.49. The van der Waals surface area contributed by atoms with Gasteiger partial charge in [-0.1, -0.05) is 12.1 Å². The van der Waals surface area contributed by atoms with E-state index in [0.29, 0.717) is 5.56 Å². The molecule has 0 atom stereocenters. The van der Waals surface area contributed by atoms with Crippen LogP contribution in [0.3, 0.4) is 0 Å². The predicted octanol–water partition coefficient (Wildman–Crippen LogP) is 2.97. The van der Waals surface area contributed by atoms with Crippen LogP contribution in [-0.4, -0.2) is 0 Å². The number of hydrogen-bond acceptors (Lipinski definition) is 0. The molecule has 1 radical (unpaired) electrons. The van der Waals surface area contributed by atoms with Gasteiger partial charge in [-0.25, -0.2) is 4.39 Å². The smallest absolute Gasteiger partial charge is 0.126 e. The van der Waals surface area contributed by atoms with Crippen molar-refractivity contribution in [3.63, 3.8) is 0 Å². The summed E-state index contributed by atoms with van der Waals surface area (Å²) in [6.07, 6.45) is 4.71. The molecule has 1 heteroatoms. The lowest BCUT2D eigenvalue weighted by Gasteiger charge is -1.96. The summed E-state index contributed by atoms with van der Waals surface area (Å²) in [7, 11) is 0. The molecular weight excluding hydrogens is 139 g/mol. The molecular formula is C10H10F. The van der Waals surface area contributed by atoms with Crippen LogP contribution >= 0.6 is 0 Å². The average molecular weight is 149 g/mol. The highest BCUT2D eigenvalue weighted by Crippen LogP contribution is 2.09. The van der Waals surface area contributed by atoms with Crippen LogP contribution in [-0.2, 0) is 0 Å². The molecule has 57 valence electrons. The molecule has 0 aromatic heterocycles. The minimum absolute atomic E-state index is 0.154. The maximum atomic E-state index is 12.7. The first kappa shape index (κ1) is 7.99. The van der Waals surface area contributed by atoms with E-state index >= 15 is 0 Å². The van der Waals surface area contributed by atoms with Gasteiger partial charge in [-0.15, -0.1) is 0 Å². The SMILES string of the molecule is C[C]=Cc1ccc(F)c(C)c1. The van der Waals surface area contributed by atoms with Crippen molar-refractivity contribution in [1.82, 2.24) is 0 Å². The van der Waals surface area contributed by atoms with E-state index in [4.69, 9.17) is 0 Å². The zero-order chi connectivity index (χ0) is 8.27. The molecule has 0 saturated heterocycles. The molecule has 0 saturated carbocycles. The average Bonchev–Trinajstić information content (AvgIpc) is 1.98. The van der Waals surface area contributed by atoms with Gasteiger partial charge >= 0.3 is 0 Å². The molecule has 0 amide bonds. The predicted molar refractivity (Wildman–Crippen MR) is 44.5 cm³/mol. The van der Waals surface area contributed by atoms with E-state index in [9.17, 15) is 4.39 Å². The van der Waals surface area contributed by atoms with Crippen LogP contribution < -0.4 is 0 Å². The van der Waals surface area contributed by atoms with Gasteiger partial charge < -0.3 is 0 Å². The van der Waals surface area contributed by atoms with Crippen molar-refractivity contribution in [2.45, 2.75) is 13.8 Å². The van der Waals surface area contributed by atoms with Crippen LogP contribution in [0.15, 0.2) is 18.2 Å². The maximum Gasteiger partial charge on any atom is 0.126 e. The van der Waals surface area contributed by atoms with Crippen LogP contribution in [0.4, 0.5) is 4.39 Å². The van der Waals surface area contributed by atoms with Gasteiger partial charge in [0.15, 0.2) is 0 Å². The van der Waals surface area contributed by atoms with Gasteiger partial charge in [-0.3, -0.25) is 0 Å². The number of hydrogen-bond donors (Lipinski definition) is 0. The Morgan fingerprint density at radius 1 is 1.45 bits per heavy atom. The Balaban J connectivity index is 3.05. The lowest BCUT2D eigenvalue weighted by molar-refractivity contribution is 0.618. The number of rotatable bonds is 1. The van der Waals surface area contributed by atoms with Crippen molar-refractivity contribution in [2.75, 3.05) is 0 Å². The van der Waals surface area contributed by atoms with E-state index in [1.165, 1.54) is 6.07 Å². The summed E-state index contributed by atoms with van der Waals surface area (Å²) in [6, 6.07) is 5.00. The molecule has 0 aliphatic carbocycles. The van der Waals surface area contributed by atoms with Crippen LogP contribution in [0.1, 0.15) is 18.1 Å². The fraction of sp³-hybridized carbons (Fsp3) is 0.200. The third-order valence-corrected chi connectivity index (χ3v) is 1.49. The first-order chi connectivity index (χ1) is 5.24. The largest absolute Gasteiger partial charge is 0.207 e. The van der Waals surface area contributed by atoms with Gasteiger partial charge in [-0.05, 0) is 43.2 Å². The first-order valence-corrected chi connectivity index (χ1v) is 3.50. The maximum absolute atomic E-state index is 12.7. The van der Waals surface area contributed by atoms with Crippen molar-refractivity contribution in [2.24, 2.45) is 0 Å². The zero-order valence-electron chi connectivity index (χ0n) is 6.69. The fourth-order valence-corrected chi connectivity index (χ4v) is 0.924. The molecule has 0 N–H and O–H groups in total. The van der Waals surface area contributed by atoms with E-state index in [0.717, 1.165) is 5.56 Å². The Bertz CT molecular complexity index is 274. The Labute approximate surface area is 66.4 Å². The van der Waals surface area contributed by atoms with Crippen LogP contribution in [0, 0.1) is 18.8 Å². The van der Waals surface area contributed by atoms with Gasteiger partial charge in [0.2, 0.25) is 0 Å². The molecule has 0 spiro atoms. The second kappa shape index (κ2) is 3.33. The Morgan fingerprint density at radius 3 is 2.73 bits per heavy atom. The topological polar surface area (TPSA) is 0 Å². The number of aryl methyl sites for hydroxylation is 1. The van der Waals surface area contributed by atoms with Crippen molar-refractivity contribution >= 4 is 6.08 Å². The first-order valence-electron chi connectivity index (χ1n) is 3.50. The molecule has 11 heavy (non-hydrogen) atoms. The summed E-state index contributed by atoms with van der Waals surface area (Å²) in [6.45, 7) is 3.57. The Hall–Kier alpha value is -1.11. The van der Waals surface area contributed by atoms with Crippen molar-refractivity contribution in [3.05, 3.63) is 41.2 Å². The highest BCUT2D eigenvalue weighted by Gasteiger charge is 1.94. The van der Waals surface area contributed by atoms with E-state index < -0.39 is 0 Å². The van der Waals surface area contributed by atoms with Gasteiger partial charge in [0.25, 0.3) is 0 Å². The lowest BCUT2D eigenvalue weighted by Crippen LogP contribution is -1.81. The molecule has 0 bridgehead atoms. The van der Waals surface area contributed by atoms with Gasteiger partial charge in [0.05, 0.1) is 0 Å². The third kappa shape index (κ3) is 1.90. The van der Waals surface area contributed by atoms with Crippen molar-refractivity contribution in [3.8, 4) is 0 Å². The summed E-state index contributed by atoms with van der Waals surface area (Å²) in [5, 5.41) is 0. The van der Waals surface area contributed by atoms with E-state index in [1.54, 1.807) is 19.1 Å². The monoisotopic (exact) mass is 149 g/mol. The van der Waals surface area contributed by atoms with Crippen molar-refractivity contribution in [1.29, 1.82) is 0 Å². The standard InChI is InChI=1S/C10H10F/c1-3-4-9-5-6-10(11)8(2)7-9/h4-7H,1-2H3. The molecule has 0 heterocycles. The molecule has 0 aliphatic rings. The molecule has 0 unspecified atom stereocenters. The summed E-state index contributed by atoms with van der Waals surface area (Å²) >= 11 is 0. The van der Waals surface area contributed by atoms with Crippen LogP contribution in [0.2, 0.25) is 0 Å². The molecule has 0 nitrogen and oxygen atoms in total. The lowest BCUT2D eigenvalue weighted by atomic mass is 10.1. The number of halogens is 1. The summed E-state index contributed by atoms with van der Waals surface area (Å²) in [4.78, 5) is 0. The second-order valence-electron chi connectivity index (χ2n) is 2.44. The van der Waals surface area contributed by atoms with E-state index in [2.05, 4.69) is 6.08 Å². The number of benzene rings is 1. The van der Waals surface area contributed by atoms with Crippen molar-refractivity contribution < 1.29 is 4.39 Å². The molecule has 0 fully saturated rings. The minimum atomic E-state index is -0.154. The van der Waals surface area contributed by atoms with E-state index in [1.807, 2.05) is 13.0 Å². The summed E-state index contributed by atoms with van der Waals surface area (Å²) in [5.74, 6) is -0.154. The van der Waals surface area contributed by atoms with E-state index in [-0.39, 0.29) is 5.82 Å². The zero-order valence-corrected chi connectivity index (χ0v) is 6.69. The van der Waals surface area contributed by atoms with Crippen LogP contribution in [0.25, 0.3) is 6.08 Å². The van der Waals surface area contributed by atoms with Gasteiger partial charge in [0, 0.05) is 0 Å².